The molecule has 0 atom stereocenters. The number of benzene rings is 1. The summed E-state index contributed by atoms with van der Waals surface area (Å²) < 4.78 is 5.69. The third-order valence-corrected chi connectivity index (χ3v) is 7.75. The Kier molecular flexibility index (Phi) is 15.6. The van der Waals surface area contributed by atoms with Gasteiger partial charge in [0, 0.05) is 24.6 Å². The van der Waals surface area contributed by atoms with E-state index in [9.17, 15) is 4.79 Å². The van der Waals surface area contributed by atoms with E-state index >= 15 is 0 Å². The molecule has 1 aliphatic carbocycles. The zero-order chi connectivity index (χ0) is 27.6. The minimum atomic E-state index is -0.447. The van der Waals surface area contributed by atoms with E-state index in [1.54, 1.807) is 0 Å². The number of hydrogen-bond donors (Lipinski definition) is 0. The Labute approximate surface area is 235 Å². The van der Waals surface area contributed by atoms with Gasteiger partial charge >= 0.3 is 6.09 Å². The highest BCUT2D eigenvalue weighted by Gasteiger charge is 2.31. The molecule has 3 heteroatoms. The van der Waals surface area contributed by atoms with E-state index in [4.69, 9.17) is 4.74 Å². The maximum absolute atomic E-state index is 12.8. The molecule has 1 amide bonds. The Bertz CT molecular complexity index is 818. The monoisotopic (exact) mass is 523 g/mol. The van der Waals surface area contributed by atoms with Gasteiger partial charge in [-0.15, -0.1) is 0 Å². The van der Waals surface area contributed by atoms with Crippen molar-refractivity contribution >= 4 is 6.09 Å². The summed E-state index contributed by atoms with van der Waals surface area (Å²) in [7, 11) is 0. The van der Waals surface area contributed by atoms with E-state index in [2.05, 4.69) is 50.0 Å². The minimum Gasteiger partial charge on any atom is -0.444 e. The molecule has 0 N–H and O–H groups in total. The normalized spacial score (nSPS) is 17.5. The van der Waals surface area contributed by atoms with Gasteiger partial charge in [-0.1, -0.05) is 102 Å². The number of amides is 1. The first-order valence-electron chi connectivity index (χ1n) is 15.9. The van der Waals surface area contributed by atoms with Gasteiger partial charge in [0.2, 0.25) is 0 Å². The summed E-state index contributed by atoms with van der Waals surface area (Å²) in [4.78, 5) is 14.7. The zero-order valence-electron chi connectivity index (χ0n) is 25.5. The van der Waals surface area contributed by atoms with Gasteiger partial charge in [-0.3, -0.25) is 0 Å². The number of nitrogens with zero attached hydrogens (tertiary/aromatic N) is 1. The second-order valence-electron chi connectivity index (χ2n) is 12.4. The van der Waals surface area contributed by atoms with Crippen LogP contribution in [0.15, 0.2) is 24.3 Å². The van der Waals surface area contributed by atoms with Crippen LogP contribution in [0.25, 0.3) is 0 Å². The molecule has 1 aromatic rings. The molecule has 1 aliphatic rings. The predicted molar refractivity (Wildman–Crippen MR) is 163 cm³/mol. The molecule has 1 aromatic carbocycles. The van der Waals surface area contributed by atoms with Crippen molar-refractivity contribution in [2.75, 3.05) is 6.54 Å². The van der Waals surface area contributed by atoms with Crippen LogP contribution in [0.4, 0.5) is 4.79 Å². The number of carbonyl (C=O) groups is 1. The number of rotatable bonds is 15. The van der Waals surface area contributed by atoms with Crippen LogP contribution >= 0.6 is 0 Å². The average Bonchev–Trinajstić information content (AvgIpc) is 2.89. The Morgan fingerprint density at radius 1 is 0.816 bits per heavy atom. The summed E-state index contributed by atoms with van der Waals surface area (Å²) in [6.07, 6.45) is 21.3. The van der Waals surface area contributed by atoms with E-state index in [0.717, 1.165) is 50.6 Å². The van der Waals surface area contributed by atoms with Crippen LogP contribution in [0.3, 0.4) is 0 Å². The summed E-state index contributed by atoms with van der Waals surface area (Å²) >= 11 is 0. The quantitative estimate of drug-likeness (QED) is 0.169. The highest BCUT2D eigenvalue weighted by atomic mass is 16.6. The van der Waals surface area contributed by atoms with Crippen LogP contribution in [-0.2, 0) is 4.74 Å². The van der Waals surface area contributed by atoms with E-state index < -0.39 is 5.60 Å². The average molecular weight is 524 g/mol. The van der Waals surface area contributed by atoms with E-state index in [0.29, 0.717) is 12.0 Å². The lowest BCUT2D eigenvalue weighted by atomic mass is 9.81. The highest BCUT2D eigenvalue weighted by Crippen LogP contribution is 2.35. The van der Waals surface area contributed by atoms with Crippen molar-refractivity contribution in [2.45, 2.75) is 161 Å². The van der Waals surface area contributed by atoms with Gasteiger partial charge in [-0.2, -0.15) is 0 Å². The molecular formula is C35H57NO2. The molecule has 1 saturated carbocycles. The molecule has 0 bridgehead atoms. The Morgan fingerprint density at radius 2 is 1.37 bits per heavy atom. The van der Waals surface area contributed by atoms with Crippen LogP contribution in [0.5, 0.6) is 0 Å². The van der Waals surface area contributed by atoms with Crippen LogP contribution in [0.1, 0.15) is 161 Å². The minimum absolute atomic E-state index is 0.154. The summed E-state index contributed by atoms with van der Waals surface area (Å²) in [5, 5.41) is 0. The van der Waals surface area contributed by atoms with Gasteiger partial charge in [0.15, 0.2) is 0 Å². The van der Waals surface area contributed by atoms with Crippen LogP contribution in [0, 0.1) is 11.8 Å². The van der Waals surface area contributed by atoms with E-state index in [1.807, 2.05) is 25.7 Å². The molecule has 0 radical (unpaired) electrons. The van der Waals surface area contributed by atoms with Crippen molar-refractivity contribution in [1.82, 2.24) is 4.90 Å². The van der Waals surface area contributed by atoms with Gasteiger partial charge in [0.1, 0.15) is 5.60 Å². The first-order valence-corrected chi connectivity index (χ1v) is 15.9. The van der Waals surface area contributed by atoms with Crippen LogP contribution < -0.4 is 0 Å². The third kappa shape index (κ3) is 13.2. The largest absolute Gasteiger partial charge is 0.444 e. The molecule has 0 spiro atoms. The lowest BCUT2D eigenvalue weighted by molar-refractivity contribution is 0.0115. The smallest absolute Gasteiger partial charge is 0.410 e. The number of carbonyl (C=O) groups excluding carboxylic acids is 1. The van der Waals surface area contributed by atoms with Crippen molar-refractivity contribution in [3.8, 4) is 11.8 Å². The second kappa shape index (κ2) is 18.4. The Morgan fingerprint density at radius 3 is 1.89 bits per heavy atom. The van der Waals surface area contributed by atoms with Crippen LogP contribution in [0.2, 0.25) is 0 Å². The molecule has 0 unspecified atom stereocenters. The predicted octanol–water partition coefficient (Wildman–Crippen LogP) is 10.4. The lowest BCUT2D eigenvalue weighted by Gasteiger charge is -2.37. The fraction of sp³-hybridized carbons (Fsp3) is 0.743. The number of unbranched alkanes of at least 4 members (excludes halogenated alkanes) is 11. The lowest BCUT2D eigenvalue weighted by Crippen LogP contribution is -2.45. The van der Waals surface area contributed by atoms with Crippen LogP contribution in [-0.4, -0.2) is 29.2 Å². The molecule has 0 saturated heterocycles. The van der Waals surface area contributed by atoms with Gasteiger partial charge in [-0.05, 0) is 82.9 Å². The third-order valence-electron chi connectivity index (χ3n) is 7.75. The maximum atomic E-state index is 12.8. The molecule has 1 fully saturated rings. The molecular weight excluding hydrogens is 466 g/mol. The van der Waals surface area contributed by atoms with Crippen molar-refractivity contribution < 1.29 is 9.53 Å². The summed E-state index contributed by atoms with van der Waals surface area (Å²) in [5.74, 6) is 7.33. The van der Waals surface area contributed by atoms with Crippen molar-refractivity contribution in [3.05, 3.63) is 35.4 Å². The Balaban J connectivity index is 1.66. The first-order chi connectivity index (χ1) is 18.3. The molecule has 3 nitrogen and oxygen atoms in total. The van der Waals surface area contributed by atoms with Crippen molar-refractivity contribution in [3.63, 3.8) is 0 Å². The molecule has 0 aromatic heterocycles. The SMILES string of the molecule is CCCCCCCCCCCCCC#Cc1ccc(C2CCC(N(CCC)C(=O)OC(C)(C)C)CC2)cc1. The molecule has 0 aliphatic heterocycles. The van der Waals surface area contributed by atoms with Gasteiger partial charge < -0.3 is 9.64 Å². The molecule has 0 heterocycles. The maximum Gasteiger partial charge on any atom is 0.410 e. The topological polar surface area (TPSA) is 29.5 Å². The van der Waals surface area contributed by atoms with Crippen molar-refractivity contribution in [2.24, 2.45) is 0 Å². The highest BCUT2D eigenvalue weighted by molar-refractivity contribution is 5.68. The van der Waals surface area contributed by atoms with E-state index in [1.165, 1.54) is 76.2 Å². The number of hydrogen-bond acceptors (Lipinski definition) is 2. The fourth-order valence-corrected chi connectivity index (χ4v) is 5.59. The Hall–Kier alpha value is -1.95. The van der Waals surface area contributed by atoms with Crippen molar-refractivity contribution in [1.29, 1.82) is 0 Å². The molecule has 38 heavy (non-hydrogen) atoms. The molecule has 2 rings (SSSR count). The van der Waals surface area contributed by atoms with Gasteiger partial charge in [0.05, 0.1) is 0 Å². The number of ether oxygens (including phenoxy) is 1. The zero-order valence-corrected chi connectivity index (χ0v) is 25.5. The standard InChI is InChI=1S/C35H57NO2/c1-6-8-9-10-11-12-13-14-15-16-17-18-19-20-30-21-23-31(24-22-30)32-25-27-33(28-26-32)36(29-7-2)34(37)38-35(3,4)5/h21-24,32-33H,6-18,25-29H2,1-5H3. The van der Waals surface area contributed by atoms with Gasteiger partial charge in [-0.25, -0.2) is 4.79 Å². The fourth-order valence-electron chi connectivity index (χ4n) is 5.59. The summed E-state index contributed by atoms with van der Waals surface area (Å²) in [6, 6.07) is 9.23. The second-order valence-corrected chi connectivity index (χ2v) is 12.4. The van der Waals surface area contributed by atoms with Gasteiger partial charge in [0.25, 0.3) is 0 Å². The summed E-state index contributed by atoms with van der Waals surface area (Å²) in [6.45, 7) is 11.0. The molecule has 214 valence electrons. The van der Waals surface area contributed by atoms with E-state index in [-0.39, 0.29) is 6.09 Å². The summed E-state index contributed by atoms with van der Waals surface area (Å²) in [5.41, 5.74) is 2.10. The first kappa shape index (κ1) is 32.3.